The third-order valence-corrected chi connectivity index (χ3v) is 9.24. The first-order valence-corrected chi connectivity index (χ1v) is 16.6. The van der Waals surface area contributed by atoms with Gasteiger partial charge in [0.1, 0.15) is 5.60 Å². The number of aliphatic carboxylic acids is 1. The average molecular weight is 683 g/mol. The number of carbonyl (C=O) groups is 4. The van der Waals surface area contributed by atoms with Crippen molar-refractivity contribution in [3.8, 4) is 0 Å². The summed E-state index contributed by atoms with van der Waals surface area (Å²) < 4.78 is 36.8. The number of carboxylic acid groups (broad SMARTS) is 1. The number of rotatable bonds is 13. The molecule has 3 aromatic carbocycles. The summed E-state index contributed by atoms with van der Waals surface area (Å²) in [7, 11) is -2.22. The van der Waals surface area contributed by atoms with Crippen LogP contribution in [-0.4, -0.2) is 67.0 Å². The van der Waals surface area contributed by atoms with Gasteiger partial charge in [-0.25, -0.2) is 22.8 Å². The topological polar surface area (TPSA) is 194 Å². The first-order valence-electron chi connectivity index (χ1n) is 15.1. The number of anilines is 2. The van der Waals surface area contributed by atoms with E-state index in [2.05, 4.69) is 10.6 Å². The van der Waals surface area contributed by atoms with E-state index in [1.54, 1.807) is 71.0 Å². The summed E-state index contributed by atoms with van der Waals surface area (Å²) in [6, 6.07) is 16.2. The third-order valence-electron chi connectivity index (χ3n) is 6.99. The molecule has 0 aliphatic heterocycles. The second kappa shape index (κ2) is 15.7. The Kier molecular flexibility index (Phi) is 12.2. The maximum Gasteiger partial charge on any atom is 0.411 e. The molecule has 0 radical (unpaired) electrons. The fraction of sp³-hybridized carbons (Fsp3) is 0.353. The van der Waals surface area contributed by atoms with Crippen LogP contribution >= 0.6 is 0 Å². The van der Waals surface area contributed by atoms with Crippen molar-refractivity contribution in [1.82, 2.24) is 4.90 Å². The van der Waals surface area contributed by atoms with Crippen LogP contribution in [0.2, 0.25) is 0 Å². The molecule has 0 aromatic heterocycles. The Morgan fingerprint density at radius 2 is 1.62 bits per heavy atom. The van der Waals surface area contributed by atoms with E-state index in [1.807, 2.05) is 0 Å². The number of amides is 3. The van der Waals surface area contributed by atoms with Crippen LogP contribution in [0.5, 0.6) is 0 Å². The van der Waals surface area contributed by atoms with Crippen molar-refractivity contribution in [3.05, 3.63) is 89.0 Å². The van der Waals surface area contributed by atoms with E-state index < -0.39 is 50.8 Å². The molecular formula is C34H42N4O9S. The number of hydrogen-bond donors (Lipinski definition) is 4. The van der Waals surface area contributed by atoms with Gasteiger partial charge in [0.25, 0.3) is 0 Å². The lowest BCUT2D eigenvalue weighted by Crippen LogP contribution is -2.34. The number of benzene rings is 3. The monoisotopic (exact) mass is 682 g/mol. The van der Waals surface area contributed by atoms with Gasteiger partial charge < -0.3 is 30.5 Å². The minimum absolute atomic E-state index is 0.000248. The van der Waals surface area contributed by atoms with Gasteiger partial charge in [-0.3, -0.25) is 10.1 Å². The molecule has 1 unspecified atom stereocenters. The van der Waals surface area contributed by atoms with Crippen molar-refractivity contribution >= 4 is 45.3 Å². The number of nitrogens with two attached hydrogens (primary N) is 1. The zero-order chi connectivity index (χ0) is 35.8. The SMILES string of the molecule is CC(C)S(=O)(=O)c1ccc(NC(=O)OCCc2ccc(C(Nc3cccc(C(N)=O)c3)C(=O)O)cc2)cc1CN(C)C(=O)OC(C)(C)C. The normalized spacial score (nSPS) is 12.1. The lowest BCUT2D eigenvalue weighted by molar-refractivity contribution is -0.138. The van der Waals surface area contributed by atoms with Gasteiger partial charge in [-0.05, 0) is 87.7 Å². The van der Waals surface area contributed by atoms with Gasteiger partial charge in [-0.15, -0.1) is 0 Å². The largest absolute Gasteiger partial charge is 0.479 e. The van der Waals surface area contributed by atoms with Crippen LogP contribution in [-0.2, 0) is 37.1 Å². The Labute approximate surface area is 280 Å². The Hall–Kier alpha value is -5.11. The van der Waals surface area contributed by atoms with Gasteiger partial charge in [-0.1, -0.05) is 30.3 Å². The summed E-state index contributed by atoms with van der Waals surface area (Å²) in [5.41, 5.74) is 7.04. The molecule has 0 aliphatic carbocycles. The van der Waals surface area contributed by atoms with Crippen molar-refractivity contribution in [3.63, 3.8) is 0 Å². The van der Waals surface area contributed by atoms with Crippen LogP contribution in [0.1, 0.15) is 67.7 Å². The maximum absolute atomic E-state index is 13.1. The molecule has 0 spiro atoms. The van der Waals surface area contributed by atoms with E-state index in [4.69, 9.17) is 15.2 Å². The molecule has 0 fully saturated rings. The van der Waals surface area contributed by atoms with Crippen molar-refractivity contribution in [2.45, 2.75) is 69.4 Å². The number of nitrogens with zero attached hydrogens (tertiary/aromatic N) is 1. The highest BCUT2D eigenvalue weighted by molar-refractivity contribution is 7.92. The zero-order valence-electron chi connectivity index (χ0n) is 27.8. The van der Waals surface area contributed by atoms with E-state index in [0.717, 1.165) is 5.56 Å². The Morgan fingerprint density at radius 3 is 2.21 bits per heavy atom. The lowest BCUT2D eigenvalue weighted by Gasteiger charge is -2.25. The number of ether oxygens (including phenoxy) is 2. The second-order valence-corrected chi connectivity index (χ2v) is 14.8. The molecule has 48 heavy (non-hydrogen) atoms. The molecule has 13 nitrogen and oxygen atoms in total. The Bertz CT molecular complexity index is 1750. The first kappa shape index (κ1) is 37.3. The van der Waals surface area contributed by atoms with Crippen LogP contribution < -0.4 is 16.4 Å². The summed E-state index contributed by atoms with van der Waals surface area (Å²) in [6.45, 7) is 8.20. The Morgan fingerprint density at radius 1 is 0.958 bits per heavy atom. The standard InChI is InChI=1S/C34H42N4O9S/c1-21(2)48(44,45)28-15-14-27(19-25(28)20-38(6)33(43)47-34(3,4)5)37-32(42)46-17-16-22-10-12-23(13-11-22)29(31(40)41)36-26-9-7-8-24(18-26)30(35)39/h7-15,18-19,21,29,36H,16-17,20H2,1-6H3,(H2,35,39)(H,37,42)(H,40,41). The van der Waals surface area contributed by atoms with Crippen LogP contribution in [0.4, 0.5) is 21.0 Å². The lowest BCUT2D eigenvalue weighted by atomic mass is 10.0. The smallest absolute Gasteiger partial charge is 0.411 e. The van der Waals surface area contributed by atoms with Gasteiger partial charge in [0.05, 0.1) is 23.3 Å². The quantitative estimate of drug-likeness (QED) is 0.182. The highest BCUT2D eigenvalue weighted by Gasteiger charge is 2.26. The highest BCUT2D eigenvalue weighted by atomic mass is 32.2. The van der Waals surface area contributed by atoms with Crippen LogP contribution in [0.25, 0.3) is 0 Å². The van der Waals surface area contributed by atoms with E-state index in [1.165, 1.54) is 42.3 Å². The summed E-state index contributed by atoms with van der Waals surface area (Å²) >= 11 is 0. The number of sulfone groups is 1. The number of carbonyl (C=O) groups excluding carboxylic acids is 3. The van der Waals surface area contributed by atoms with Crippen LogP contribution in [0.3, 0.4) is 0 Å². The minimum atomic E-state index is -3.71. The van der Waals surface area contributed by atoms with Gasteiger partial charge in [-0.2, -0.15) is 0 Å². The zero-order valence-corrected chi connectivity index (χ0v) is 28.6. The molecular weight excluding hydrogens is 640 g/mol. The third kappa shape index (κ3) is 10.5. The molecule has 0 heterocycles. The number of nitrogens with one attached hydrogen (secondary N) is 2. The molecule has 0 bridgehead atoms. The second-order valence-electron chi connectivity index (χ2n) is 12.4. The van der Waals surface area contributed by atoms with Crippen molar-refractivity contribution < 1.29 is 42.2 Å². The predicted molar refractivity (Wildman–Crippen MR) is 181 cm³/mol. The molecule has 258 valence electrons. The molecule has 3 aromatic rings. The molecule has 0 saturated carbocycles. The molecule has 1 atom stereocenters. The fourth-order valence-electron chi connectivity index (χ4n) is 4.48. The summed E-state index contributed by atoms with van der Waals surface area (Å²) in [5.74, 6) is -1.75. The molecule has 0 saturated heterocycles. The summed E-state index contributed by atoms with van der Waals surface area (Å²) in [4.78, 5) is 49.9. The first-order chi connectivity index (χ1) is 22.4. The highest BCUT2D eigenvalue weighted by Crippen LogP contribution is 2.26. The average Bonchev–Trinajstić information content (AvgIpc) is 2.99. The van der Waals surface area contributed by atoms with Crippen LogP contribution in [0.15, 0.2) is 71.6 Å². The fourth-order valence-corrected chi connectivity index (χ4v) is 5.74. The van der Waals surface area contributed by atoms with Gasteiger partial charge in [0.15, 0.2) is 15.9 Å². The van der Waals surface area contributed by atoms with E-state index in [9.17, 15) is 32.7 Å². The van der Waals surface area contributed by atoms with Crippen LogP contribution in [0, 0.1) is 0 Å². The van der Waals surface area contributed by atoms with Gasteiger partial charge in [0, 0.05) is 30.4 Å². The predicted octanol–water partition coefficient (Wildman–Crippen LogP) is 5.36. The number of primary amides is 1. The van der Waals surface area contributed by atoms with E-state index in [-0.39, 0.29) is 29.3 Å². The molecule has 14 heteroatoms. The van der Waals surface area contributed by atoms with Gasteiger partial charge in [0.2, 0.25) is 5.91 Å². The minimum Gasteiger partial charge on any atom is -0.479 e. The van der Waals surface area contributed by atoms with E-state index >= 15 is 0 Å². The van der Waals surface area contributed by atoms with E-state index in [0.29, 0.717) is 23.2 Å². The van der Waals surface area contributed by atoms with Gasteiger partial charge >= 0.3 is 18.2 Å². The Balaban J connectivity index is 1.65. The van der Waals surface area contributed by atoms with Crippen molar-refractivity contribution in [1.29, 1.82) is 0 Å². The molecule has 5 N–H and O–H groups in total. The number of carboxylic acids is 1. The summed E-state index contributed by atoms with van der Waals surface area (Å²) in [5, 5.41) is 14.6. The van der Waals surface area contributed by atoms with Crippen molar-refractivity contribution in [2.75, 3.05) is 24.3 Å². The molecule has 3 rings (SSSR count). The molecule has 3 amide bonds. The molecule has 0 aliphatic rings. The van der Waals surface area contributed by atoms with Crippen molar-refractivity contribution in [2.24, 2.45) is 5.73 Å². The summed E-state index contributed by atoms with van der Waals surface area (Å²) in [6.07, 6.45) is -1.08. The number of hydrogen-bond acceptors (Lipinski definition) is 9. The maximum atomic E-state index is 13.1.